The van der Waals surface area contributed by atoms with E-state index in [0.29, 0.717) is 12.1 Å². The molecule has 0 aliphatic rings. The fraction of sp³-hybridized carbons (Fsp3) is 0.200. The van der Waals surface area contributed by atoms with Crippen LogP contribution in [0.15, 0.2) is 36.5 Å². The van der Waals surface area contributed by atoms with Crippen molar-refractivity contribution in [2.24, 2.45) is 0 Å². The van der Waals surface area contributed by atoms with Gasteiger partial charge in [0.15, 0.2) is 0 Å². The number of nitrogens with one attached hydrogen (secondary N) is 1. The lowest BCUT2D eigenvalue weighted by molar-refractivity contribution is -0.131. The Labute approximate surface area is 121 Å². The van der Waals surface area contributed by atoms with Gasteiger partial charge in [0, 0.05) is 37.0 Å². The number of aromatic nitrogens is 1. The minimum absolute atomic E-state index is 0.104. The minimum atomic E-state index is -0.558. The Hall–Kier alpha value is -2.76. The fourth-order valence-electron chi connectivity index (χ4n) is 1.80. The third-order valence-corrected chi connectivity index (χ3v) is 2.75. The van der Waals surface area contributed by atoms with Gasteiger partial charge in [-0.2, -0.15) is 0 Å². The summed E-state index contributed by atoms with van der Waals surface area (Å²) >= 11 is 0. The predicted octanol–water partition coefficient (Wildman–Crippen LogP) is 1.92. The van der Waals surface area contributed by atoms with Gasteiger partial charge in [0.1, 0.15) is 11.3 Å². The van der Waals surface area contributed by atoms with Crippen LogP contribution in [0.1, 0.15) is 23.0 Å². The Morgan fingerprint density at radius 3 is 2.76 bits per heavy atom. The molecular weight excluding hydrogens is 272 g/mol. The van der Waals surface area contributed by atoms with Gasteiger partial charge in [-0.3, -0.25) is 4.79 Å². The average Bonchev–Trinajstić information content (AvgIpc) is 2.91. The summed E-state index contributed by atoms with van der Waals surface area (Å²) in [5, 5.41) is 0. The first kappa shape index (κ1) is 14.6. The van der Waals surface area contributed by atoms with Crippen LogP contribution in [-0.2, 0) is 16.0 Å². The molecule has 0 bridgehead atoms. The van der Waals surface area contributed by atoms with E-state index >= 15 is 0 Å². The van der Waals surface area contributed by atoms with Crippen LogP contribution in [0.4, 0.5) is 5.69 Å². The maximum absolute atomic E-state index is 12.0. The molecule has 3 N–H and O–H groups in total. The Kier molecular flexibility index (Phi) is 4.61. The summed E-state index contributed by atoms with van der Waals surface area (Å²) in [6, 6.07) is 8.22. The van der Waals surface area contributed by atoms with E-state index in [4.69, 9.17) is 15.2 Å². The third kappa shape index (κ3) is 4.10. The highest BCUT2D eigenvalue weighted by atomic mass is 16.5. The van der Waals surface area contributed by atoms with Gasteiger partial charge in [0.05, 0.1) is 6.61 Å². The second kappa shape index (κ2) is 6.60. The SMILES string of the molecule is CC(=O)Oc1cc(N)ccc1C(=O)OCCc1ccc[nH]1. The Morgan fingerprint density at radius 2 is 2.10 bits per heavy atom. The molecule has 110 valence electrons. The van der Waals surface area contributed by atoms with Crippen LogP contribution < -0.4 is 10.5 Å². The van der Waals surface area contributed by atoms with Crippen LogP contribution in [0.5, 0.6) is 5.75 Å². The minimum Gasteiger partial charge on any atom is -0.462 e. The van der Waals surface area contributed by atoms with Crippen LogP contribution in [0.2, 0.25) is 0 Å². The molecule has 1 aromatic carbocycles. The Balaban J connectivity index is 2.02. The molecule has 1 heterocycles. The monoisotopic (exact) mass is 288 g/mol. The molecule has 0 aliphatic carbocycles. The molecule has 21 heavy (non-hydrogen) atoms. The molecule has 0 aliphatic heterocycles. The van der Waals surface area contributed by atoms with E-state index in [1.807, 2.05) is 12.1 Å². The van der Waals surface area contributed by atoms with Crippen LogP contribution in [0.25, 0.3) is 0 Å². The van der Waals surface area contributed by atoms with Gasteiger partial charge in [0.2, 0.25) is 0 Å². The summed E-state index contributed by atoms with van der Waals surface area (Å²) in [6.45, 7) is 1.48. The molecule has 0 spiro atoms. The number of ether oxygens (including phenoxy) is 2. The molecule has 0 fully saturated rings. The van der Waals surface area contributed by atoms with E-state index in [1.54, 1.807) is 12.3 Å². The maximum Gasteiger partial charge on any atom is 0.341 e. The number of aromatic amines is 1. The van der Waals surface area contributed by atoms with Crippen molar-refractivity contribution in [1.82, 2.24) is 4.98 Å². The number of rotatable bonds is 5. The first-order valence-corrected chi connectivity index (χ1v) is 6.43. The zero-order valence-corrected chi connectivity index (χ0v) is 11.6. The number of H-pyrrole nitrogens is 1. The van der Waals surface area contributed by atoms with Crippen molar-refractivity contribution in [1.29, 1.82) is 0 Å². The zero-order chi connectivity index (χ0) is 15.2. The standard InChI is InChI=1S/C15H16N2O4/c1-10(18)21-14-9-11(16)4-5-13(14)15(19)20-8-6-12-3-2-7-17-12/h2-5,7,9,17H,6,8,16H2,1H3. The topological polar surface area (TPSA) is 94.4 Å². The van der Waals surface area contributed by atoms with E-state index in [1.165, 1.54) is 19.1 Å². The van der Waals surface area contributed by atoms with Crippen molar-refractivity contribution in [3.63, 3.8) is 0 Å². The highest BCUT2D eigenvalue weighted by Crippen LogP contribution is 2.23. The molecule has 0 atom stereocenters. The Morgan fingerprint density at radius 1 is 1.29 bits per heavy atom. The number of esters is 2. The Bertz CT molecular complexity index is 635. The van der Waals surface area contributed by atoms with Crippen molar-refractivity contribution in [2.45, 2.75) is 13.3 Å². The number of nitrogens with two attached hydrogens (primary N) is 1. The van der Waals surface area contributed by atoms with Gasteiger partial charge in [-0.15, -0.1) is 0 Å². The summed E-state index contributed by atoms with van der Waals surface area (Å²) in [7, 11) is 0. The first-order valence-electron chi connectivity index (χ1n) is 6.43. The highest BCUT2D eigenvalue weighted by molar-refractivity contribution is 5.94. The lowest BCUT2D eigenvalue weighted by atomic mass is 10.2. The van der Waals surface area contributed by atoms with Gasteiger partial charge >= 0.3 is 11.9 Å². The number of anilines is 1. The second-order valence-electron chi connectivity index (χ2n) is 4.43. The van der Waals surface area contributed by atoms with Gasteiger partial charge in [-0.1, -0.05) is 0 Å². The van der Waals surface area contributed by atoms with Crippen LogP contribution in [0, 0.1) is 0 Å². The average molecular weight is 288 g/mol. The van der Waals surface area contributed by atoms with E-state index in [-0.39, 0.29) is 17.9 Å². The van der Waals surface area contributed by atoms with E-state index < -0.39 is 11.9 Å². The summed E-state index contributed by atoms with van der Waals surface area (Å²) in [4.78, 5) is 26.1. The number of benzene rings is 1. The van der Waals surface area contributed by atoms with Gasteiger partial charge in [-0.05, 0) is 24.3 Å². The van der Waals surface area contributed by atoms with Crippen molar-refractivity contribution >= 4 is 17.6 Å². The molecule has 0 unspecified atom stereocenters. The van der Waals surface area contributed by atoms with Crippen LogP contribution in [-0.4, -0.2) is 23.5 Å². The molecule has 2 rings (SSSR count). The summed E-state index contributed by atoms with van der Waals surface area (Å²) in [6.07, 6.45) is 2.38. The lowest BCUT2D eigenvalue weighted by Gasteiger charge is -2.09. The normalized spacial score (nSPS) is 10.1. The number of nitrogen functional groups attached to an aromatic ring is 1. The van der Waals surface area contributed by atoms with E-state index in [0.717, 1.165) is 5.69 Å². The molecule has 0 saturated heterocycles. The van der Waals surface area contributed by atoms with Gasteiger partial charge in [-0.25, -0.2) is 4.79 Å². The van der Waals surface area contributed by atoms with Crippen molar-refractivity contribution in [3.8, 4) is 5.75 Å². The summed E-state index contributed by atoms with van der Waals surface area (Å²) < 4.78 is 10.1. The molecule has 6 heteroatoms. The number of carbonyl (C=O) groups excluding carboxylic acids is 2. The molecule has 0 radical (unpaired) electrons. The molecule has 0 amide bonds. The van der Waals surface area contributed by atoms with E-state index in [9.17, 15) is 9.59 Å². The quantitative estimate of drug-likeness (QED) is 0.498. The highest BCUT2D eigenvalue weighted by Gasteiger charge is 2.16. The number of carbonyl (C=O) groups is 2. The van der Waals surface area contributed by atoms with Gasteiger partial charge in [0.25, 0.3) is 0 Å². The number of hydrogen-bond donors (Lipinski definition) is 2. The molecule has 0 saturated carbocycles. The van der Waals surface area contributed by atoms with Crippen LogP contribution >= 0.6 is 0 Å². The van der Waals surface area contributed by atoms with Crippen LogP contribution in [0.3, 0.4) is 0 Å². The molecular formula is C15H16N2O4. The predicted molar refractivity (Wildman–Crippen MR) is 76.9 cm³/mol. The second-order valence-corrected chi connectivity index (χ2v) is 4.43. The molecule has 6 nitrogen and oxygen atoms in total. The first-order chi connectivity index (χ1) is 10.1. The molecule has 1 aromatic heterocycles. The maximum atomic E-state index is 12.0. The third-order valence-electron chi connectivity index (χ3n) is 2.75. The lowest BCUT2D eigenvalue weighted by Crippen LogP contribution is -2.12. The largest absolute Gasteiger partial charge is 0.462 e. The smallest absolute Gasteiger partial charge is 0.341 e. The number of hydrogen-bond acceptors (Lipinski definition) is 5. The fourth-order valence-corrected chi connectivity index (χ4v) is 1.80. The van der Waals surface area contributed by atoms with E-state index in [2.05, 4.69) is 4.98 Å². The van der Waals surface area contributed by atoms with Crippen molar-refractivity contribution in [2.75, 3.05) is 12.3 Å². The van der Waals surface area contributed by atoms with Gasteiger partial charge < -0.3 is 20.2 Å². The van der Waals surface area contributed by atoms with Crippen molar-refractivity contribution in [3.05, 3.63) is 47.8 Å². The summed E-state index contributed by atoms with van der Waals surface area (Å²) in [5.41, 5.74) is 7.16. The molecule has 2 aromatic rings. The summed E-state index contributed by atoms with van der Waals surface area (Å²) in [5.74, 6) is -0.980. The zero-order valence-electron chi connectivity index (χ0n) is 11.6. The van der Waals surface area contributed by atoms with Crippen molar-refractivity contribution < 1.29 is 19.1 Å².